The molecule has 4 aromatic rings. The Morgan fingerprint density at radius 2 is 1.77 bits per heavy atom. The molecule has 180 valence electrons. The summed E-state index contributed by atoms with van der Waals surface area (Å²) in [4.78, 5) is 4.35. The second kappa shape index (κ2) is 9.52. The van der Waals surface area contributed by atoms with Gasteiger partial charge < -0.3 is 23.9 Å². The van der Waals surface area contributed by atoms with Gasteiger partial charge >= 0.3 is 0 Å². The minimum atomic E-state index is -4.10. The van der Waals surface area contributed by atoms with E-state index in [1.54, 1.807) is 54.6 Å². The summed E-state index contributed by atoms with van der Waals surface area (Å²) in [5.74, 6) is 1.62. The average molecular weight is 513 g/mol. The van der Waals surface area contributed by atoms with Crippen molar-refractivity contribution in [1.29, 1.82) is 0 Å². The second-order valence-electron chi connectivity index (χ2n) is 7.55. The minimum Gasteiger partial charge on any atom is -0.494 e. The molecule has 0 unspecified atom stereocenters. The molecule has 10 heteroatoms. The first-order valence-electron chi connectivity index (χ1n) is 10.9. The Kier molecular flexibility index (Phi) is 6.27. The van der Waals surface area contributed by atoms with Crippen LogP contribution in [0.2, 0.25) is 5.02 Å². The van der Waals surface area contributed by atoms with Crippen molar-refractivity contribution in [1.82, 2.24) is 4.98 Å². The van der Waals surface area contributed by atoms with Gasteiger partial charge in [-0.3, -0.25) is 0 Å². The molecule has 5 rings (SSSR count). The summed E-state index contributed by atoms with van der Waals surface area (Å²) in [6.07, 6.45) is 0. The van der Waals surface area contributed by atoms with Gasteiger partial charge in [0.1, 0.15) is 19.0 Å². The Bertz CT molecular complexity index is 1470. The van der Waals surface area contributed by atoms with E-state index in [0.717, 1.165) is 0 Å². The largest absolute Gasteiger partial charge is 0.494 e. The minimum absolute atomic E-state index is 0.00226. The summed E-state index contributed by atoms with van der Waals surface area (Å²) in [6, 6.07) is 18.3. The Hall–Kier alpha value is -3.69. The molecular formula is C25H21ClN2O6S. The van der Waals surface area contributed by atoms with Gasteiger partial charge in [0.25, 0.3) is 0 Å². The summed E-state index contributed by atoms with van der Waals surface area (Å²) in [5, 5.41) is 3.24. The standard InChI is InChI=1S/C25H21ClN2O6S/c1-2-31-19-8-6-18(7-9-19)27-24-25(28-23(34-24)16-4-3-5-17(26)14-16)35(29,30)20-10-11-21-22(15-20)33-13-12-32-21/h3-11,14-15,27H,2,12-13H2,1H3. The molecule has 1 aliphatic heterocycles. The molecule has 1 N–H and O–H groups in total. The van der Waals surface area contributed by atoms with Crippen molar-refractivity contribution in [3.63, 3.8) is 0 Å². The molecule has 1 aliphatic rings. The highest BCUT2D eigenvalue weighted by molar-refractivity contribution is 7.91. The first-order valence-corrected chi connectivity index (χ1v) is 12.7. The SMILES string of the molecule is CCOc1ccc(Nc2oc(-c3cccc(Cl)c3)nc2S(=O)(=O)c2ccc3c(c2)OCCO3)cc1. The number of fused-ring (bicyclic) bond motifs is 1. The van der Waals surface area contributed by atoms with E-state index in [9.17, 15) is 8.42 Å². The van der Waals surface area contributed by atoms with Gasteiger partial charge in [0.2, 0.25) is 26.6 Å². The molecular weight excluding hydrogens is 492 g/mol. The molecule has 0 saturated carbocycles. The number of anilines is 2. The predicted molar refractivity (Wildman–Crippen MR) is 131 cm³/mol. The summed E-state index contributed by atoms with van der Waals surface area (Å²) in [7, 11) is -4.10. The Morgan fingerprint density at radius 3 is 2.51 bits per heavy atom. The highest BCUT2D eigenvalue weighted by Gasteiger charge is 2.30. The number of hydrogen-bond donors (Lipinski definition) is 1. The number of benzene rings is 3. The van der Waals surface area contributed by atoms with E-state index in [-0.39, 0.29) is 21.7 Å². The molecule has 1 aromatic heterocycles. The van der Waals surface area contributed by atoms with Crippen LogP contribution in [0.3, 0.4) is 0 Å². The third-order valence-electron chi connectivity index (χ3n) is 5.17. The summed E-state index contributed by atoms with van der Waals surface area (Å²) in [6.45, 7) is 3.17. The van der Waals surface area contributed by atoms with Crippen LogP contribution in [0.25, 0.3) is 11.5 Å². The van der Waals surface area contributed by atoms with Crippen molar-refractivity contribution in [2.45, 2.75) is 16.8 Å². The van der Waals surface area contributed by atoms with Crippen molar-refractivity contribution >= 4 is 33.0 Å². The molecule has 8 nitrogen and oxygen atoms in total. The van der Waals surface area contributed by atoms with Crippen molar-refractivity contribution in [2.24, 2.45) is 0 Å². The van der Waals surface area contributed by atoms with Crippen molar-refractivity contribution in [3.05, 3.63) is 71.8 Å². The Labute approximate surface area is 207 Å². The number of sulfone groups is 1. The zero-order chi connectivity index (χ0) is 24.4. The van der Waals surface area contributed by atoms with E-state index < -0.39 is 9.84 Å². The molecule has 0 saturated heterocycles. The van der Waals surface area contributed by atoms with E-state index in [2.05, 4.69) is 10.3 Å². The molecule has 0 atom stereocenters. The first-order chi connectivity index (χ1) is 16.9. The van der Waals surface area contributed by atoms with Crippen LogP contribution in [0.15, 0.2) is 81.1 Å². The summed E-state index contributed by atoms with van der Waals surface area (Å²) >= 11 is 6.12. The number of oxazole rings is 1. The topological polar surface area (TPSA) is 99.9 Å². The molecule has 3 aromatic carbocycles. The highest BCUT2D eigenvalue weighted by atomic mass is 35.5. The highest BCUT2D eigenvalue weighted by Crippen LogP contribution is 2.38. The van der Waals surface area contributed by atoms with Crippen LogP contribution in [-0.4, -0.2) is 33.2 Å². The van der Waals surface area contributed by atoms with E-state index in [4.69, 9.17) is 30.2 Å². The quantitative estimate of drug-likeness (QED) is 0.334. The van der Waals surface area contributed by atoms with E-state index in [1.807, 2.05) is 6.92 Å². The van der Waals surface area contributed by atoms with Crippen LogP contribution >= 0.6 is 11.6 Å². The van der Waals surface area contributed by atoms with E-state index >= 15 is 0 Å². The number of hydrogen-bond acceptors (Lipinski definition) is 8. The van der Waals surface area contributed by atoms with Crippen molar-refractivity contribution in [2.75, 3.05) is 25.1 Å². The van der Waals surface area contributed by atoms with Gasteiger partial charge in [0.05, 0.1) is 11.5 Å². The number of halogens is 1. The molecule has 35 heavy (non-hydrogen) atoms. The van der Waals surface area contributed by atoms with Gasteiger partial charge in [-0.05, 0) is 61.5 Å². The van der Waals surface area contributed by atoms with Crippen molar-refractivity contribution in [3.8, 4) is 28.7 Å². The number of ether oxygens (including phenoxy) is 3. The molecule has 0 fully saturated rings. The fraction of sp³-hybridized carbons (Fsp3) is 0.160. The molecule has 0 aliphatic carbocycles. The van der Waals surface area contributed by atoms with Crippen LogP contribution in [0.4, 0.5) is 11.6 Å². The summed E-state index contributed by atoms with van der Waals surface area (Å²) < 4.78 is 49.8. The number of nitrogens with one attached hydrogen (secondary N) is 1. The normalized spacial score (nSPS) is 12.9. The molecule has 2 heterocycles. The maximum absolute atomic E-state index is 13.7. The molecule has 0 radical (unpaired) electrons. The van der Waals surface area contributed by atoms with Crippen LogP contribution in [0, 0.1) is 0 Å². The van der Waals surface area contributed by atoms with Crippen LogP contribution in [0.5, 0.6) is 17.2 Å². The lowest BCUT2D eigenvalue weighted by atomic mass is 10.2. The smallest absolute Gasteiger partial charge is 0.238 e. The fourth-order valence-electron chi connectivity index (χ4n) is 3.55. The van der Waals surface area contributed by atoms with Crippen LogP contribution < -0.4 is 19.5 Å². The van der Waals surface area contributed by atoms with Crippen LogP contribution in [-0.2, 0) is 9.84 Å². The van der Waals surface area contributed by atoms with Crippen LogP contribution in [0.1, 0.15) is 6.92 Å². The second-order valence-corrected chi connectivity index (χ2v) is 9.86. The zero-order valence-corrected chi connectivity index (χ0v) is 20.2. The van der Waals surface area contributed by atoms with Gasteiger partial charge in [0, 0.05) is 22.3 Å². The van der Waals surface area contributed by atoms with Gasteiger partial charge in [-0.2, -0.15) is 4.98 Å². The third-order valence-corrected chi connectivity index (χ3v) is 7.06. The first kappa shape index (κ1) is 23.1. The monoisotopic (exact) mass is 512 g/mol. The van der Waals surface area contributed by atoms with Gasteiger partial charge in [-0.25, -0.2) is 8.42 Å². The van der Waals surface area contributed by atoms with E-state index in [1.165, 1.54) is 12.1 Å². The third kappa shape index (κ3) is 4.78. The Balaban J connectivity index is 1.57. The van der Waals surface area contributed by atoms with E-state index in [0.29, 0.717) is 53.3 Å². The lowest BCUT2D eigenvalue weighted by molar-refractivity contribution is 0.171. The number of aromatic nitrogens is 1. The number of nitrogens with zero attached hydrogens (tertiary/aromatic N) is 1. The zero-order valence-electron chi connectivity index (χ0n) is 18.7. The summed E-state index contributed by atoms with van der Waals surface area (Å²) in [5.41, 5.74) is 1.14. The number of rotatable bonds is 7. The Morgan fingerprint density at radius 1 is 1.00 bits per heavy atom. The molecule has 0 amide bonds. The maximum Gasteiger partial charge on any atom is 0.238 e. The molecule has 0 bridgehead atoms. The lowest BCUT2D eigenvalue weighted by Gasteiger charge is -2.18. The van der Waals surface area contributed by atoms with Crippen molar-refractivity contribution < 1.29 is 27.0 Å². The molecule has 0 spiro atoms. The average Bonchev–Trinajstić information content (AvgIpc) is 3.30. The van der Waals surface area contributed by atoms with Gasteiger partial charge in [-0.15, -0.1) is 0 Å². The van der Waals surface area contributed by atoms with Gasteiger partial charge in [0.15, 0.2) is 11.5 Å². The fourth-order valence-corrected chi connectivity index (χ4v) is 5.01. The predicted octanol–water partition coefficient (Wildman–Crippen LogP) is 5.74. The van der Waals surface area contributed by atoms with Gasteiger partial charge in [-0.1, -0.05) is 17.7 Å². The lowest BCUT2D eigenvalue weighted by Crippen LogP contribution is -2.16. The maximum atomic E-state index is 13.7.